The number of carbonyl (C=O) groups excluding carboxylic acids is 1. The number of aliphatic hydroxyl groups is 1. The molecule has 0 unspecified atom stereocenters. The summed E-state index contributed by atoms with van der Waals surface area (Å²) in [6, 6.07) is 5.57. The molecule has 1 amide bonds. The molecule has 1 rings (SSSR count). The average Bonchev–Trinajstić information content (AvgIpc) is 2.42. The van der Waals surface area contributed by atoms with E-state index in [1.165, 1.54) is 0 Å². The maximum absolute atomic E-state index is 12.4. The van der Waals surface area contributed by atoms with Crippen molar-refractivity contribution in [3.8, 4) is 11.8 Å². The molecule has 4 nitrogen and oxygen atoms in total. The van der Waals surface area contributed by atoms with Gasteiger partial charge in [-0.1, -0.05) is 23.5 Å². The third-order valence-electron chi connectivity index (χ3n) is 2.77. The molecule has 0 aliphatic carbocycles. The summed E-state index contributed by atoms with van der Waals surface area (Å²) in [5, 5.41) is 8.99. The lowest BCUT2D eigenvalue weighted by atomic mass is 10.0. The third-order valence-corrected chi connectivity index (χ3v) is 2.77. The number of hydrogen-bond acceptors (Lipinski definition) is 3. The predicted octanol–water partition coefficient (Wildman–Crippen LogP) is 0.760. The molecule has 0 fully saturated rings. The van der Waals surface area contributed by atoms with Crippen LogP contribution >= 0.6 is 0 Å². The van der Waals surface area contributed by atoms with Gasteiger partial charge >= 0.3 is 0 Å². The van der Waals surface area contributed by atoms with Crippen LogP contribution in [-0.2, 0) is 0 Å². The molecule has 4 heteroatoms. The summed E-state index contributed by atoms with van der Waals surface area (Å²) in [6.45, 7) is 4.91. The Hall–Kier alpha value is -1.83. The van der Waals surface area contributed by atoms with E-state index in [-0.39, 0.29) is 19.1 Å². The predicted molar refractivity (Wildman–Crippen MR) is 75.8 cm³/mol. The normalized spacial score (nSPS) is 9.68. The van der Waals surface area contributed by atoms with E-state index in [0.29, 0.717) is 24.2 Å². The van der Waals surface area contributed by atoms with Crippen LogP contribution in [0.1, 0.15) is 28.4 Å². The quantitative estimate of drug-likeness (QED) is 0.785. The minimum Gasteiger partial charge on any atom is -0.395 e. The maximum Gasteiger partial charge on any atom is 0.255 e. The van der Waals surface area contributed by atoms with E-state index in [1.807, 2.05) is 32.0 Å². The van der Waals surface area contributed by atoms with Gasteiger partial charge in [0, 0.05) is 18.7 Å². The summed E-state index contributed by atoms with van der Waals surface area (Å²) in [6.07, 6.45) is 0. The molecule has 0 aliphatic rings. The van der Waals surface area contributed by atoms with Gasteiger partial charge in [0.05, 0.1) is 18.7 Å². The Balaban J connectivity index is 3.15. The van der Waals surface area contributed by atoms with Crippen LogP contribution in [0, 0.1) is 18.8 Å². The Morgan fingerprint density at radius 3 is 2.79 bits per heavy atom. The van der Waals surface area contributed by atoms with Crippen molar-refractivity contribution < 1.29 is 9.90 Å². The van der Waals surface area contributed by atoms with Crippen LogP contribution in [0.3, 0.4) is 0 Å². The zero-order chi connectivity index (χ0) is 14.3. The number of likely N-dealkylation sites (N-methyl/N-ethyl adjacent to an activating group) is 1. The Bertz CT molecular complexity index is 501. The second-order valence-corrected chi connectivity index (χ2v) is 4.16. The highest BCUT2D eigenvalue weighted by atomic mass is 16.3. The lowest BCUT2D eigenvalue weighted by molar-refractivity contribution is 0.0731. The standard InChI is InChI=1S/C15H20N2O2/c1-3-17(9-10-18)15(19)14-11-12(2)6-7-13(14)5-4-8-16/h6-7,11,18H,3,8-10,16H2,1-2H3. The van der Waals surface area contributed by atoms with Gasteiger partial charge in [0.15, 0.2) is 0 Å². The van der Waals surface area contributed by atoms with Crippen LogP contribution in [0.25, 0.3) is 0 Å². The summed E-state index contributed by atoms with van der Waals surface area (Å²) in [4.78, 5) is 14.0. The van der Waals surface area contributed by atoms with Crippen molar-refractivity contribution in [2.45, 2.75) is 13.8 Å². The van der Waals surface area contributed by atoms with Crippen molar-refractivity contribution >= 4 is 5.91 Å². The molecule has 0 aromatic heterocycles. The van der Waals surface area contributed by atoms with Gasteiger partial charge in [0.25, 0.3) is 5.91 Å². The largest absolute Gasteiger partial charge is 0.395 e. The monoisotopic (exact) mass is 260 g/mol. The molecule has 0 radical (unpaired) electrons. The zero-order valence-electron chi connectivity index (χ0n) is 11.4. The highest BCUT2D eigenvalue weighted by molar-refractivity contribution is 5.97. The molecular formula is C15H20N2O2. The van der Waals surface area contributed by atoms with Gasteiger partial charge in [-0.3, -0.25) is 4.79 Å². The number of carbonyl (C=O) groups is 1. The van der Waals surface area contributed by atoms with Gasteiger partial charge in [0.1, 0.15) is 0 Å². The molecule has 102 valence electrons. The fraction of sp³-hybridized carbons (Fsp3) is 0.400. The Morgan fingerprint density at radius 2 is 2.21 bits per heavy atom. The molecule has 0 saturated heterocycles. The van der Waals surface area contributed by atoms with Gasteiger partial charge < -0.3 is 15.7 Å². The number of aliphatic hydroxyl groups excluding tert-OH is 1. The SMILES string of the molecule is CCN(CCO)C(=O)c1cc(C)ccc1C#CCN. The number of hydrogen-bond donors (Lipinski definition) is 2. The third kappa shape index (κ3) is 4.09. The van der Waals surface area contributed by atoms with Crippen LogP contribution in [-0.4, -0.2) is 42.2 Å². The maximum atomic E-state index is 12.4. The van der Waals surface area contributed by atoms with Gasteiger partial charge in [-0.15, -0.1) is 0 Å². The van der Waals surface area contributed by atoms with E-state index in [0.717, 1.165) is 5.56 Å². The molecule has 19 heavy (non-hydrogen) atoms. The first kappa shape index (κ1) is 15.2. The van der Waals surface area contributed by atoms with Crippen molar-refractivity contribution in [3.63, 3.8) is 0 Å². The van der Waals surface area contributed by atoms with E-state index in [9.17, 15) is 4.79 Å². The number of aryl methyl sites for hydroxylation is 1. The zero-order valence-corrected chi connectivity index (χ0v) is 11.4. The van der Waals surface area contributed by atoms with E-state index < -0.39 is 0 Å². The van der Waals surface area contributed by atoms with Gasteiger partial charge in [-0.05, 0) is 26.0 Å². The highest BCUT2D eigenvalue weighted by Gasteiger charge is 2.16. The lowest BCUT2D eigenvalue weighted by Crippen LogP contribution is -2.33. The number of benzene rings is 1. The molecule has 0 spiro atoms. The average molecular weight is 260 g/mol. The summed E-state index contributed by atoms with van der Waals surface area (Å²) in [7, 11) is 0. The molecule has 3 N–H and O–H groups in total. The molecular weight excluding hydrogens is 240 g/mol. The first-order chi connectivity index (χ1) is 9.13. The van der Waals surface area contributed by atoms with Gasteiger partial charge in [-0.25, -0.2) is 0 Å². The van der Waals surface area contributed by atoms with Crippen molar-refractivity contribution in [1.82, 2.24) is 4.90 Å². The van der Waals surface area contributed by atoms with Crippen LogP contribution in [0.5, 0.6) is 0 Å². The molecule has 0 bridgehead atoms. The number of amides is 1. The van der Waals surface area contributed by atoms with Gasteiger partial charge in [-0.2, -0.15) is 0 Å². The van der Waals surface area contributed by atoms with Gasteiger partial charge in [0.2, 0.25) is 0 Å². The molecule has 0 saturated carbocycles. The minimum atomic E-state index is -0.110. The fourth-order valence-electron chi connectivity index (χ4n) is 1.78. The van der Waals surface area contributed by atoms with E-state index in [2.05, 4.69) is 11.8 Å². The Morgan fingerprint density at radius 1 is 1.47 bits per heavy atom. The minimum absolute atomic E-state index is 0.0464. The molecule has 0 aliphatic heterocycles. The lowest BCUT2D eigenvalue weighted by Gasteiger charge is -2.20. The van der Waals surface area contributed by atoms with Crippen molar-refractivity contribution in [2.75, 3.05) is 26.2 Å². The smallest absolute Gasteiger partial charge is 0.255 e. The fourth-order valence-corrected chi connectivity index (χ4v) is 1.78. The Labute approximate surface area is 114 Å². The summed E-state index contributed by atoms with van der Waals surface area (Å²) >= 11 is 0. The van der Waals surface area contributed by atoms with Crippen LogP contribution in [0.2, 0.25) is 0 Å². The first-order valence-corrected chi connectivity index (χ1v) is 6.33. The van der Waals surface area contributed by atoms with Crippen molar-refractivity contribution in [3.05, 3.63) is 34.9 Å². The van der Waals surface area contributed by atoms with E-state index in [4.69, 9.17) is 10.8 Å². The second kappa shape index (κ2) is 7.57. The van der Waals surface area contributed by atoms with Crippen LogP contribution in [0.15, 0.2) is 18.2 Å². The van der Waals surface area contributed by atoms with Crippen molar-refractivity contribution in [2.24, 2.45) is 5.73 Å². The van der Waals surface area contributed by atoms with Crippen LogP contribution < -0.4 is 5.73 Å². The number of nitrogens with zero attached hydrogens (tertiary/aromatic N) is 1. The van der Waals surface area contributed by atoms with E-state index in [1.54, 1.807) is 4.90 Å². The van der Waals surface area contributed by atoms with Crippen molar-refractivity contribution in [1.29, 1.82) is 0 Å². The van der Waals surface area contributed by atoms with Crippen LogP contribution in [0.4, 0.5) is 0 Å². The summed E-state index contributed by atoms with van der Waals surface area (Å²) in [5.74, 6) is 5.57. The molecule has 1 aromatic carbocycles. The topological polar surface area (TPSA) is 66.6 Å². The molecule has 0 atom stereocenters. The number of rotatable bonds is 4. The summed E-state index contributed by atoms with van der Waals surface area (Å²) < 4.78 is 0. The summed E-state index contributed by atoms with van der Waals surface area (Å²) in [5.41, 5.74) is 7.61. The Kier molecular flexibility index (Phi) is 6.07. The molecule has 1 aromatic rings. The first-order valence-electron chi connectivity index (χ1n) is 6.33. The van der Waals surface area contributed by atoms with E-state index >= 15 is 0 Å². The highest BCUT2D eigenvalue weighted by Crippen LogP contribution is 2.13. The number of nitrogens with two attached hydrogens (primary N) is 1. The molecule has 0 heterocycles. The second-order valence-electron chi connectivity index (χ2n) is 4.16.